The molecule has 3 N–H and O–H groups in total. The van der Waals surface area contributed by atoms with Gasteiger partial charge in [-0.2, -0.15) is 0 Å². The SMILES string of the molecule is OB(O)C1CCC(Cl)CC1O. The maximum atomic E-state index is 9.31. The van der Waals surface area contributed by atoms with E-state index in [1.54, 1.807) is 0 Å². The molecule has 3 nitrogen and oxygen atoms in total. The Balaban J connectivity index is 2.44. The summed E-state index contributed by atoms with van der Waals surface area (Å²) in [5, 5.41) is 26.9. The Hall–Kier alpha value is 0.235. The summed E-state index contributed by atoms with van der Waals surface area (Å²) in [4.78, 5) is 0. The quantitative estimate of drug-likeness (QED) is 0.391. The molecule has 1 saturated carbocycles. The van der Waals surface area contributed by atoms with Crippen molar-refractivity contribution in [2.24, 2.45) is 0 Å². The highest BCUT2D eigenvalue weighted by molar-refractivity contribution is 6.43. The average molecular weight is 178 g/mol. The first-order chi connectivity index (χ1) is 5.11. The van der Waals surface area contributed by atoms with Crippen LogP contribution in [0.2, 0.25) is 5.82 Å². The predicted molar refractivity (Wildman–Crippen MR) is 43.4 cm³/mol. The van der Waals surface area contributed by atoms with Gasteiger partial charge in [0.25, 0.3) is 0 Å². The molecule has 0 aromatic heterocycles. The second kappa shape index (κ2) is 3.76. The number of alkyl halides is 1. The van der Waals surface area contributed by atoms with E-state index in [9.17, 15) is 5.11 Å². The first kappa shape index (κ1) is 9.32. The van der Waals surface area contributed by atoms with Crippen LogP contribution in [-0.4, -0.2) is 33.8 Å². The van der Waals surface area contributed by atoms with Gasteiger partial charge in [-0.1, -0.05) is 0 Å². The Bertz CT molecular complexity index is 133. The molecule has 3 atom stereocenters. The van der Waals surface area contributed by atoms with Gasteiger partial charge in [-0.25, -0.2) is 0 Å². The van der Waals surface area contributed by atoms with Crippen molar-refractivity contribution in [1.82, 2.24) is 0 Å². The highest BCUT2D eigenvalue weighted by atomic mass is 35.5. The van der Waals surface area contributed by atoms with E-state index in [0.717, 1.165) is 6.42 Å². The van der Waals surface area contributed by atoms with Crippen molar-refractivity contribution in [1.29, 1.82) is 0 Å². The van der Waals surface area contributed by atoms with Crippen molar-refractivity contribution in [3.8, 4) is 0 Å². The minimum Gasteiger partial charge on any atom is -0.427 e. The van der Waals surface area contributed by atoms with Crippen molar-refractivity contribution in [3.63, 3.8) is 0 Å². The number of aliphatic hydroxyl groups excluding tert-OH is 1. The van der Waals surface area contributed by atoms with Gasteiger partial charge < -0.3 is 15.2 Å². The molecule has 1 aliphatic carbocycles. The molecule has 64 valence electrons. The lowest BCUT2D eigenvalue weighted by Crippen LogP contribution is -2.35. The smallest absolute Gasteiger partial charge is 0.427 e. The Morgan fingerprint density at radius 2 is 1.91 bits per heavy atom. The summed E-state index contributed by atoms with van der Waals surface area (Å²) in [6.45, 7) is 0. The van der Waals surface area contributed by atoms with Gasteiger partial charge in [0.1, 0.15) is 0 Å². The second-order valence-corrected chi connectivity index (χ2v) is 3.67. The second-order valence-electron chi connectivity index (χ2n) is 3.06. The minimum atomic E-state index is -1.41. The first-order valence-electron chi connectivity index (χ1n) is 3.79. The molecule has 5 heteroatoms. The fourth-order valence-corrected chi connectivity index (χ4v) is 1.78. The lowest BCUT2D eigenvalue weighted by molar-refractivity contribution is 0.118. The van der Waals surface area contributed by atoms with Crippen molar-refractivity contribution in [3.05, 3.63) is 0 Å². The van der Waals surface area contributed by atoms with E-state index in [4.69, 9.17) is 21.6 Å². The number of rotatable bonds is 1. The first-order valence-corrected chi connectivity index (χ1v) is 4.23. The molecule has 0 spiro atoms. The summed E-state index contributed by atoms with van der Waals surface area (Å²) in [5.41, 5.74) is 0. The van der Waals surface area contributed by atoms with Crippen LogP contribution in [0.4, 0.5) is 0 Å². The molecule has 0 radical (unpaired) electrons. The van der Waals surface area contributed by atoms with E-state index in [2.05, 4.69) is 0 Å². The van der Waals surface area contributed by atoms with Crippen molar-refractivity contribution in [2.75, 3.05) is 0 Å². The predicted octanol–water partition coefficient (Wildman–Crippen LogP) is -0.0184. The van der Waals surface area contributed by atoms with Gasteiger partial charge in [0.2, 0.25) is 0 Å². The minimum absolute atomic E-state index is 0.0139. The van der Waals surface area contributed by atoms with Crippen LogP contribution in [-0.2, 0) is 0 Å². The van der Waals surface area contributed by atoms with Crippen molar-refractivity contribution < 1.29 is 15.2 Å². The topological polar surface area (TPSA) is 60.7 Å². The van der Waals surface area contributed by atoms with Gasteiger partial charge in [0, 0.05) is 11.2 Å². The van der Waals surface area contributed by atoms with Crippen LogP contribution >= 0.6 is 11.6 Å². The highest BCUT2D eigenvalue weighted by Crippen LogP contribution is 2.32. The monoisotopic (exact) mass is 178 g/mol. The molecule has 3 unspecified atom stereocenters. The number of hydrogen-bond acceptors (Lipinski definition) is 3. The maximum absolute atomic E-state index is 9.31. The lowest BCUT2D eigenvalue weighted by Gasteiger charge is -2.29. The third-order valence-corrected chi connectivity index (χ3v) is 2.58. The third kappa shape index (κ3) is 2.34. The Labute approximate surface area is 71.1 Å². The summed E-state index contributed by atoms with van der Waals surface area (Å²) in [6, 6.07) is 0. The summed E-state index contributed by atoms with van der Waals surface area (Å²) in [6.07, 6.45) is 1.14. The number of aliphatic hydroxyl groups is 1. The van der Waals surface area contributed by atoms with E-state index in [-0.39, 0.29) is 5.38 Å². The molecular weight excluding hydrogens is 166 g/mol. The summed E-state index contributed by atoms with van der Waals surface area (Å²) in [5.74, 6) is -0.412. The van der Waals surface area contributed by atoms with Gasteiger partial charge >= 0.3 is 7.12 Å². The average Bonchev–Trinajstić information content (AvgIpc) is 1.85. The lowest BCUT2D eigenvalue weighted by atomic mass is 9.63. The summed E-state index contributed by atoms with van der Waals surface area (Å²) in [7, 11) is -1.41. The van der Waals surface area contributed by atoms with Crippen LogP contribution in [0, 0.1) is 0 Å². The zero-order chi connectivity index (χ0) is 8.43. The van der Waals surface area contributed by atoms with Crippen LogP contribution < -0.4 is 0 Å². The molecule has 0 saturated heterocycles. The fraction of sp³-hybridized carbons (Fsp3) is 1.00. The molecule has 0 aromatic carbocycles. The van der Waals surface area contributed by atoms with Crippen LogP contribution in [0.25, 0.3) is 0 Å². The van der Waals surface area contributed by atoms with Crippen LogP contribution in [0.1, 0.15) is 19.3 Å². The molecule has 1 aliphatic rings. The fourth-order valence-electron chi connectivity index (χ4n) is 1.47. The van der Waals surface area contributed by atoms with Gasteiger partial charge in [-0.15, -0.1) is 11.6 Å². The Morgan fingerprint density at radius 3 is 2.36 bits per heavy atom. The van der Waals surface area contributed by atoms with E-state index in [1.165, 1.54) is 0 Å². The van der Waals surface area contributed by atoms with E-state index < -0.39 is 19.0 Å². The standard InChI is InChI=1S/C6H12BClO3/c8-4-1-2-5(7(10)11)6(9)3-4/h4-6,9-11H,1-3H2. The summed E-state index contributed by atoms with van der Waals surface area (Å²) < 4.78 is 0. The number of halogens is 1. The zero-order valence-corrected chi connectivity index (χ0v) is 6.91. The molecule has 1 fully saturated rings. The van der Waals surface area contributed by atoms with Crippen LogP contribution in [0.3, 0.4) is 0 Å². The van der Waals surface area contributed by atoms with Gasteiger partial charge in [-0.3, -0.25) is 0 Å². The van der Waals surface area contributed by atoms with Crippen molar-refractivity contribution in [2.45, 2.75) is 36.6 Å². The normalized spacial score (nSPS) is 38.7. The van der Waals surface area contributed by atoms with Crippen LogP contribution in [0.5, 0.6) is 0 Å². The van der Waals surface area contributed by atoms with Crippen molar-refractivity contribution >= 4 is 18.7 Å². The van der Waals surface area contributed by atoms with Gasteiger partial charge in [0.05, 0.1) is 6.10 Å². The largest absolute Gasteiger partial charge is 0.457 e. The Morgan fingerprint density at radius 1 is 1.27 bits per heavy atom. The number of hydrogen-bond donors (Lipinski definition) is 3. The molecule has 0 bridgehead atoms. The highest BCUT2D eigenvalue weighted by Gasteiger charge is 2.35. The Kier molecular flexibility index (Phi) is 3.19. The molecule has 0 amide bonds. The summed E-state index contributed by atoms with van der Waals surface area (Å²) >= 11 is 5.76. The van der Waals surface area contributed by atoms with E-state index >= 15 is 0 Å². The van der Waals surface area contributed by atoms with E-state index in [1.807, 2.05) is 0 Å². The van der Waals surface area contributed by atoms with Gasteiger partial charge in [0.15, 0.2) is 0 Å². The van der Waals surface area contributed by atoms with E-state index in [0.29, 0.717) is 12.8 Å². The molecule has 0 aromatic rings. The van der Waals surface area contributed by atoms with Gasteiger partial charge in [-0.05, 0) is 19.3 Å². The maximum Gasteiger partial charge on any atom is 0.457 e. The van der Waals surface area contributed by atoms with Crippen LogP contribution in [0.15, 0.2) is 0 Å². The zero-order valence-electron chi connectivity index (χ0n) is 6.15. The third-order valence-electron chi connectivity index (χ3n) is 2.19. The molecule has 11 heavy (non-hydrogen) atoms. The molecule has 1 rings (SSSR count). The molecule has 0 heterocycles. The molecular formula is C6H12BClO3. The molecule has 0 aliphatic heterocycles.